The predicted molar refractivity (Wildman–Crippen MR) is 130 cm³/mol. The Bertz CT molecular complexity index is 1010. The molecular formula is C25H38O17. The van der Waals surface area contributed by atoms with Gasteiger partial charge in [-0.25, -0.2) is 4.79 Å². The van der Waals surface area contributed by atoms with E-state index >= 15 is 0 Å². The fraction of sp³-hybridized carbons (Fsp3) is 0.840. The van der Waals surface area contributed by atoms with E-state index in [-0.39, 0.29) is 12.0 Å². The van der Waals surface area contributed by atoms with Crippen LogP contribution in [0.1, 0.15) is 20.3 Å². The molecule has 42 heavy (non-hydrogen) atoms. The number of esters is 2. The van der Waals surface area contributed by atoms with Crippen molar-refractivity contribution < 1.29 is 83.6 Å². The van der Waals surface area contributed by atoms with Crippen LogP contribution < -0.4 is 0 Å². The van der Waals surface area contributed by atoms with Gasteiger partial charge in [-0.2, -0.15) is 0 Å². The van der Waals surface area contributed by atoms with Gasteiger partial charge in [0.2, 0.25) is 6.29 Å². The molecule has 2 saturated heterocycles. The van der Waals surface area contributed by atoms with Crippen LogP contribution in [0.25, 0.3) is 0 Å². The van der Waals surface area contributed by atoms with Gasteiger partial charge in [0.1, 0.15) is 54.4 Å². The van der Waals surface area contributed by atoms with Crippen molar-refractivity contribution in [1.29, 1.82) is 0 Å². The molecule has 0 unspecified atom stereocenters. The molecule has 0 spiro atoms. The lowest BCUT2D eigenvalue weighted by atomic mass is 9.80. The number of fused-ring (bicyclic) bond motifs is 1. The molecular weight excluding hydrogens is 572 g/mol. The fourth-order valence-corrected chi connectivity index (χ4v) is 6.01. The first-order chi connectivity index (χ1) is 19.7. The SMILES string of the molecule is COC(=O)C1=CO[C@@H](O[C@@H]2O[C@H](CO[C@H]3O[C@H](CO)[C@H](O)[C@H](O)[C@H]3O)[C@@H](O)[C@H](O)[C@H]2O)[C@H]2[C@@H]1[C@H](O)C[C@]2(C)OC(C)=O. The summed E-state index contributed by atoms with van der Waals surface area (Å²) in [6.07, 6.45) is -18.2. The predicted octanol–water partition coefficient (Wildman–Crippen LogP) is -4.64. The third-order valence-corrected chi connectivity index (χ3v) is 8.11. The van der Waals surface area contributed by atoms with Crippen molar-refractivity contribution in [2.75, 3.05) is 20.3 Å². The zero-order valence-corrected chi connectivity index (χ0v) is 23.0. The molecule has 15 atom stereocenters. The third-order valence-electron chi connectivity index (χ3n) is 8.11. The Balaban J connectivity index is 1.52. The fourth-order valence-electron chi connectivity index (χ4n) is 6.01. The van der Waals surface area contributed by atoms with Gasteiger partial charge in [-0.15, -0.1) is 0 Å². The number of carbonyl (C=O) groups excluding carboxylic acids is 2. The van der Waals surface area contributed by atoms with E-state index in [2.05, 4.69) is 0 Å². The van der Waals surface area contributed by atoms with Crippen molar-refractivity contribution in [3.63, 3.8) is 0 Å². The van der Waals surface area contributed by atoms with E-state index in [0.717, 1.165) is 20.3 Å². The highest BCUT2D eigenvalue weighted by molar-refractivity contribution is 5.89. The van der Waals surface area contributed by atoms with Crippen molar-refractivity contribution in [2.24, 2.45) is 11.8 Å². The number of hydrogen-bond acceptors (Lipinski definition) is 17. The van der Waals surface area contributed by atoms with Crippen LogP contribution in [0.3, 0.4) is 0 Å². The van der Waals surface area contributed by atoms with Crippen molar-refractivity contribution >= 4 is 11.9 Å². The summed E-state index contributed by atoms with van der Waals surface area (Å²) in [5, 5.41) is 82.1. The Hall–Kier alpha value is -2.00. The summed E-state index contributed by atoms with van der Waals surface area (Å²) in [6, 6.07) is 0. The molecule has 240 valence electrons. The molecule has 0 aromatic heterocycles. The Kier molecular flexibility index (Phi) is 10.1. The van der Waals surface area contributed by atoms with Gasteiger partial charge in [-0.1, -0.05) is 0 Å². The third kappa shape index (κ3) is 6.15. The molecule has 3 heterocycles. The maximum absolute atomic E-state index is 12.4. The standard InChI is InChI=1S/C25H38O17/c1-8(27)42-25(2)4-10(28)13-9(21(35)36-3)6-37-22(14(13)25)41-24-20(34)18(32)16(30)12(40-24)7-38-23-19(33)17(31)15(29)11(5-26)39-23/h6,10-20,22-24,26,28-34H,4-5,7H2,1-3H3/t10-,11-,12-,13+,14-,15+,16-,17+,18+,19-,20-,22+,23+,24+,25+/m1/s1. The second kappa shape index (κ2) is 12.9. The monoisotopic (exact) mass is 610 g/mol. The second-order valence-corrected chi connectivity index (χ2v) is 11.0. The molecule has 0 amide bonds. The first kappa shape index (κ1) is 32.9. The summed E-state index contributed by atoms with van der Waals surface area (Å²) in [7, 11) is 1.14. The zero-order valence-electron chi connectivity index (χ0n) is 23.0. The molecule has 0 aromatic rings. The molecule has 0 aromatic carbocycles. The Morgan fingerprint density at radius 1 is 0.905 bits per heavy atom. The van der Waals surface area contributed by atoms with Gasteiger partial charge in [0, 0.05) is 19.3 Å². The number of methoxy groups -OCH3 is 1. The summed E-state index contributed by atoms with van der Waals surface area (Å²) >= 11 is 0. The lowest BCUT2D eigenvalue weighted by molar-refractivity contribution is -0.357. The average Bonchev–Trinajstić information content (AvgIpc) is 3.21. The smallest absolute Gasteiger partial charge is 0.337 e. The molecule has 8 N–H and O–H groups in total. The van der Waals surface area contributed by atoms with Crippen LogP contribution in [0, 0.1) is 11.8 Å². The van der Waals surface area contributed by atoms with Gasteiger partial charge in [-0.05, 0) is 6.92 Å². The highest BCUT2D eigenvalue weighted by atomic mass is 16.8. The molecule has 17 nitrogen and oxygen atoms in total. The van der Waals surface area contributed by atoms with E-state index in [1.807, 2.05) is 0 Å². The van der Waals surface area contributed by atoms with Crippen molar-refractivity contribution in [3.8, 4) is 0 Å². The normalized spacial score (nSPS) is 47.2. The number of rotatable bonds is 8. The summed E-state index contributed by atoms with van der Waals surface area (Å²) in [5.74, 6) is -3.50. The number of aliphatic hydroxyl groups excluding tert-OH is 8. The molecule has 4 rings (SSSR count). The summed E-state index contributed by atoms with van der Waals surface area (Å²) in [5.41, 5.74) is -1.46. The maximum atomic E-state index is 12.4. The molecule has 1 saturated carbocycles. The lowest BCUT2D eigenvalue weighted by Crippen LogP contribution is -2.62. The minimum atomic E-state index is -1.85. The zero-order chi connectivity index (χ0) is 31.1. The average molecular weight is 611 g/mol. The van der Waals surface area contributed by atoms with Gasteiger partial charge < -0.3 is 74.0 Å². The Morgan fingerprint density at radius 2 is 1.50 bits per heavy atom. The molecule has 4 aliphatic rings. The first-order valence-corrected chi connectivity index (χ1v) is 13.3. The largest absolute Gasteiger partial charge is 0.471 e. The van der Waals surface area contributed by atoms with Crippen LogP contribution in [0.15, 0.2) is 11.8 Å². The summed E-state index contributed by atoms with van der Waals surface area (Å²) in [4.78, 5) is 24.4. The molecule has 17 heteroatoms. The van der Waals surface area contributed by atoms with Crippen LogP contribution >= 0.6 is 0 Å². The number of ether oxygens (including phenoxy) is 7. The topological polar surface area (TPSA) is 261 Å². The van der Waals surface area contributed by atoms with Crippen molar-refractivity contribution in [1.82, 2.24) is 0 Å². The molecule has 1 aliphatic carbocycles. The molecule has 0 bridgehead atoms. The van der Waals surface area contributed by atoms with Crippen LogP contribution in [0.5, 0.6) is 0 Å². The molecule has 0 radical (unpaired) electrons. The lowest BCUT2D eigenvalue weighted by Gasteiger charge is -2.45. The number of carbonyl (C=O) groups is 2. The van der Waals surface area contributed by atoms with Crippen LogP contribution in [0.4, 0.5) is 0 Å². The first-order valence-electron chi connectivity index (χ1n) is 13.3. The van der Waals surface area contributed by atoms with E-state index in [1.54, 1.807) is 0 Å². The summed E-state index contributed by atoms with van der Waals surface area (Å²) in [6.45, 7) is 1.37. The number of aliphatic hydroxyl groups is 8. The van der Waals surface area contributed by atoms with E-state index in [0.29, 0.717) is 0 Å². The van der Waals surface area contributed by atoms with Crippen LogP contribution in [-0.2, 0) is 42.7 Å². The highest BCUT2D eigenvalue weighted by Crippen LogP contribution is 2.51. The number of hydrogen-bond donors (Lipinski definition) is 8. The van der Waals surface area contributed by atoms with Gasteiger partial charge in [0.25, 0.3) is 0 Å². The highest BCUT2D eigenvalue weighted by Gasteiger charge is 2.62. The van der Waals surface area contributed by atoms with Gasteiger partial charge in [0.15, 0.2) is 12.6 Å². The van der Waals surface area contributed by atoms with Gasteiger partial charge >= 0.3 is 11.9 Å². The van der Waals surface area contributed by atoms with Crippen LogP contribution in [0.2, 0.25) is 0 Å². The van der Waals surface area contributed by atoms with Gasteiger partial charge in [0.05, 0.1) is 44.2 Å². The Morgan fingerprint density at radius 3 is 2.10 bits per heavy atom. The summed E-state index contributed by atoms with van der Waals surface area (Å²) < 4.78 is 38.1. The van der Waals surface area contributed by atoms with E-state index in [1.165, 1.54) is 6.92 Å². The van der Waals surface area contributed by atoms with Crippen molar-refractivity contribution in [2.45, 2.75) is 99.7 Å². The van der Waals surface area contributed by atoms with Gasteiger partial charge in [-0.3, -0.25) is 4.79 Å². The van der Waals surface area contributed by atoms with E-state index in [4.69, 9.17) is 33.2 Å². The Labute approximate surface area is 239 Å². The molecule has 3 aliphatic heterocycles. The minimum Gasteiger partial charge on any atom is -0.471 e. The molecule has 3 fully saturated rings. The quantitative estimate of drug-likeness (QED) is 0.120. The van der Waals surface area contributed by atoms with Crippen molar-refractivity contribution in [3.05, 3.63) is 11.8 Å². The second-order valence-electron chi connectivity index (χ2n) is 11.0. The minimum absolute atomic E-state index is 0.0444. The maximum Gasteiger partial charge on any atom is 0.337 e. The van der Waals surface area contributed by atoms with E-state index < -0.39 is 116 Å². The van der Waals surface area contributed by atoms with E-state index in [9.17, 15) is 50.4 Å². The van der Waals surface area contributed by atoms with Crippen LogP contribution in [-0.4, -0.2) is 153 Å².